The summed E-state index contributed by atoms with van der Waals surface area (Å²) >= 11 is 0. The first kappa shape index (κ1) is 61.3. The quantitative estimate of drug-likeness (QED) is 0.0330. The van der Waals surface area contributed by atoms with Gasteiger partial charge in [-0.05, 0) is 32.6 Å². The number of ether oxygens (including phenoxy) is 2. The standard InChI is InChI=1S/C26H53NO.C23H46O6.C2H6O/c1-2-3-4-5-6-7-8-9-10-11-12-13-14-15-16-17-18-19-20-21-22-23-24-25-26(27)28;1-2-3-4-5-6-7-8-9-10-11-12-13-14-16-19(24)17-15-18-28-23-21(26)20(25)22(27)29-23;1-2-3/h2-25H2,1H3,(H2,27,28);19-27H,2-18H2,1H3;3H,2H2,1H3. The Hall–Kier alpha value is -0.810. The van der Waals surface area contributed by atoms with Crippen LogP contribution < -0.4 is 5.73 Å². The van der Waals surface area contributed by atoms with Gasteiger partial charge in [0.1, 0.15) is 12.2 Å². The zero-order chi connectivity index (χ0) is 44.6. The van der Waals surface area contributed by atoms with E-state index in [1.54, 1.807) is 6.92 Å². The number of aliphatic hydroxyl groups excluding tert-OH is 5. The van der Waals surface area contributed by atoms with Crippen molar-refractivity contribution in [2.45, 2.75) is 308 Å². The van der Waals surface area contributed by atoms with Crippen molar-refractivity contribution in [1.82, 2.24) is 0 Å². The van der Waals surface area contributed by atoms with Crippen molar-refractivity contribution in [3.63, 3.8) is 0 Å². The maximum atomic E-state index is 10.6. The lowest BCUT2D eigenvalue weighted by Crippen LogP contribution is -2.33. The van der Waals surface area contributed by atoms with E-state index in [1.165, 1.54) is 218 Å². The second-order valence-corrected chi connectivity index (χ2v) is 17.9. The van der Waals surface area contributed by atoms with E-state index in [4.69, 9.17) is 20.3 Å². The molecule has 1 fully saturated rings. The number of primary amides is 1. The second kappa shape index (κ2) is 50.8. The van der Waals surface area contributed by atoms with Gasteiger partial charge in [-0.3, -0.25) is 4.79 Å². The van der Waals surface area contributed by atoms with Crippen molar-refractivity contribution in [3.05, 3.63) is 0 Å². The Labute approximate surface area is 372 Å². The molecule has 1 amide bonds. The molecule has 7 N–H and O–H groups in total. The van der Waals surface area contributed by atoms with E-state index in [-0.39, 0.29) is 18.6 Å². The molecule has 1 saturated heterocycles. The molecular weight excluding hydrogens is 755 g/mol. The highest BCUT2D eigenvalue weighted by molar-refractivity contribution is 5.73. The first-order chi connectivity index (χ1) is 29.2. The molecule has 0 bridgehead atoms. The summed E-state index contributed by atoms with van der Waals surface area (Å²) in [6.07, 6.45) is 46.8. The third-order valence-electron chi connectivity index (χ3n) is 11.8. The molecule has 1 aliphatic heterocycles. The van der Waals surface area contributed by atoms with Crippen LogP contribution >= 0.6 is 0 Å². The molecule has 362 valence electrons. The molecule has 60 heavy (non-hydrogen) atoms. The minimum Gasteiger partial charge on any atom is -0.397 e. The fourth-order valence-corrected chi connectivity index (χ4v) is 7.91. The van der Waals surface area contributed by atoms with Gasteiger partial charge in [-0.2, -0.15) is 0 Å². The number of hydrogen-bond acceptors (Lipinski definition) is 8. The van der Waals surface area contributed by atoms with Crippen molar-refractivity contribution in [2.75, 3.05) is 13.2 Å². The minimum absolute atomic E-state index is 0.150. The third-order valence-corrected chi connectivity index (χ3v) is 11.8. The summed E-state index contributed by atoms with van der Waals surface area (Å²) in [5.74, 6) is -0.150. The maximum absolute atomic E-state index is 10.6. The molecule has 1 heterocycles. The van der Waals surface area contributed by atoms with Crippen molar-refractivity contribution >= 4 is 5.91 Å². The first-order valence-electron chi connectivity index (χ1n) is 26.1. The summed E-state index contributed by atoms with van der Waals surface area (Å²) in [7, 11) is 0. The summed E-state index contributed by atoms with van der Waals surface area (Å²) in [5.41, 5.74) is 5.15. The first-order valence-corrected chi connectivity index (χ1v) is 26.1. The van der Waals surface area contributed by atoms with Gasteiger partial charge < -0.3 is 40.7 Å². The van der Waals surface area contributed by atoms with E-state index in [9.17, 15) is 25.2 Å². The van der Waals surface area contributed by atoms with E-state index in [2.05, 4.69) is 13.8 Å². The number of hydrogen-bond donors (Lipinski definition) is 6. The fraction of sp³-hybridized carbons (Fsp3) is 0.980. The average molecular weight is 860 g/mol. The second-order valence-electron chi connectivity index (χ2n) is 17.9. The molecule has 0 saturated carbocycles. The molecule has 5 atom stereocenters. The monoisotopic (exact) mass is 860 g/mol. The van der Waals surface area contributed by atoms with Crippen molar-refractivity contribution < 1.29 is 39.8 Å². The van der Waals surface area contributed by atoms with Gasteiger partial charge in [0.05, 0.1) is 6.10 Å². The number of unbranched alkanes of at least 4 members (excludes halogenated alkanes) is 34. The minimum atomic E-state index is -1.41. The lowest BCUT2D eigenvalue weighted by molar-refractivity contribution is -0.205. The Kier molecular flexibility index (Phi) is 51.9. The molecule has 1 aliphatic rings. The summed E-state index contributed by atoms with van der Waals surface area (Å²) in [4.78, 5) is 10.6. The number of carbonyl (C=O) groups excluding carboxylic acids is 1. The highest BCUT2D eigenvalue weighted by Crippen LogP contribution is 2.21. The predicted octanol–water partition coefficient (Wildman–Crippen LogP) is 12.9. The molecule has 0 aromatic heterocycles. The Bertz CT molecular complexity index is 820. The summed E-state index contributed by atoms with van der Waals surface area (Å²) in [6, 6.07) is 0. The molecule has 0 aromatic carbocycles. The van der Waals surface area contributed by atoms with Crippen LogP contribution in [0, 0.1) is 0 Å². The van der Waals surface area contributed by atoms with Crippen molar-refractivity contribution in [1.29, 1.82) is 0 Å². The number of nitrogens with two attached hydrogens (primary N) is 1. The van der Waals surface area contributed by atoms with E-state index < -0.39 is 24.8 Å². The van der Waals surface area contributed by atoms with Gasteiger partial charge in [0.15, 0.2) is 12.6 Å². The highest BCUT2D eigenvalue weighted by Gasteiger charge is 2.42. The Morgan fingerprint density at radius 2 is 0.767 bits per heavy atom. The van der Waals surface area contributed by atoms with Crippen LogP contribution in [0.3, 0.4) is 0 Å². The Balaban J connectivity index is 0. The van der Waals surface area contributed by atoms with E-state index in [0.717, 1.165) is 19.3 Å². The van der Waals surface area contributed by atoms with Gasteiger partial charge >= 0.3 is 0 Å². The van der Waals surface area contributed by atoms with Crippen LogP contribution in [0.5, 0.6) is 0 Å². The van der Waals surface area contributed by atoms with E-state index in [1.807, 2.05) is 0 Å². The molecule has 1 rings (SSSR count). The van der Waals surface area contributed by atoms with Gasteiger partial charge in [-0.1, -0.05) is 239 Å². The van der Waals surface area contributed by atoms with Gasteiger partial charge in [0.25, 0.3) is 0 Å². The largest absolute Gasteiger partial charge is 0.397 e. The Morgan fingerprint density at radius 3 is 1.05 bits per heavy atom. The van der Waals surface area contributed by atoms with Crippen LogP contribution in [0.15, 0.2) is 0 Å². The van der Waals surface area contributed by atoms with Crippen molar-refractivity contribution in [3.8, 4) is 0 Å². The molecule has 0 aromatic rings. The number of rotatable bonds is 43. The summed E-state index contributed by atoms with van der Waals surface area (Å²) in [5, 5.41) is 45.9. The molecule has 0 aliphatic carbocycles. The smallest absolute Gasteiger partial charge is 0.217 e. The zero-order valence-corrected chi connectivity index (χ0v) is 40.1. The van der Waals surface area contributed by atoms with E-state index in [0.29, 0.717) is 25.9 Å². The van der Waals surface area contributed by atoms with Crippen LogP contribution in [0.2, 0.25) is 0 Å². The van der Waals surface area contributed by atoms with Gasteiger partial charge in [0.2, 0.25) is 5.91 Å². The number of carbonyl (C=O) groups is 1. The van der Waals surface area contributed by atoms with Gasteiger partial charge in [0, 0.05) is 19.6 Å². The molecule has 9 nitrogen and oxygen atoms in total. The van der Waals surface area contributed by atoms with Crippen LogP contribution in [0.1, 0.15) is 278 Å². The van der Waals surface area contributed by atoms with Crippen LogP contribution in [0.25, 0.3) is 0 Å². The molecule has 0 radical (unpaired) electrons. The maximum Gasteiger partial charge on any atom is 0.217 e. The van der Waals surface area contributed by atoms with Crippen LogP contribution in [0.4, 0.5) is 0 Å². The van der Waals surface area contributed by atoms with Gasteiger partial charge in [-0.15, -0.1) is 0 Å². The molecule has 0 spiro atoms. The molecule has 5 unspecified atom stereocenters. The lowest BCUT2D eigenvalue weighted by atomic mass is 10.0. The average Bonchev–Trinajstić information content (AvgIpc) is 3.47. The van der Waals surface area contributed by atoms with Crippen molar-refractivity contribution in [2.24, 2.45) is 5.73 Å². The number of aliphatic hydroxyl groups is 5. The Morgan fingerprint density at radius 1 is 0.483 bits per heavy atom. The normalized spacial score (nSPS) is 17.9. The summed E-state index contributed by atoms with van der Waals surface area (Å²) < 4.78 is 10.2. The highest BCUT2D eigenvalue weighted by atomic mass is 16.8. The lowest BCUT2D eigenvalue weighted by Gasteiger charge is -2.16. The van der Waals surface area contributed by atoms with Gasteiger partial charge in [-0.25, -0.2) is 0 Å². The summed E-state index contributed by atoms with van der Waals surface area (Å²) in [6.45, 7) is 6.80. The van der Waals surface area contributed by atoms with Crippen LogP contribution in [-0.2, 0) is 14.3 Å². The van der Waals surface area contributed by atoms with Crippen LogP contribution in [-0.4, -0.2) is 75.5 Å². The number of amides is 1. The topological polar surface area (TPSA) is 163 Å². The SMILES string of the molecule is CCCCCCCCCCCCCCCC(O)CCCOC1OC(O)C(O)C1O.CCCCCCCCCCCCCCCCCCCCCCCCCC(N)=O.CCO. The fourth-order valence-electron chi connectivity index (χ4n) is 7.91. The molecule has 9 heteroatoms. The van der Waals surface area contributed by atoms with E-state index >= 15 is 0 Å². The predicted molar refractivity (Wildman–Crippen MR) is 253 cm³/mol. The zero-order valence-electron chi connectivity index (χ0n) is 40.1. The third kappa shape index (κ3) is 46.7. The molecular formula is C51H105NO8.